The van der Waals surface area contributed by atoms with Crippen LogP contribution in [0.4, 0.5) is 11.4 Å². The molecule has 1 aliphatic heterocycles. The van der Waals surface area contributed by atoms with E-state index in [9.17, 15) is 9.59 Å². The summed E-state index contributed by atoms with van der Waals surface area (Å²) in [6, 6.07) is 15.7. The number of nitrogens with one attached hydrogen (secondary N) is 1. The van der Waals surface area contributed by atoms with Crippen LogP contribution in [0.3, 0.4) is 0 Å². The lowest BCUT2D eigenvalue weighted by atomic mass is 9.88. The maximum atomic E-state index is 12.8. The molecule has 2 aromatic carbocycles. The van der Waals surface area contributed by atoms with E-state index in [1.54, 1.807) is 0 Å². The monoisotopic (exact) mass is 419 g/mol. The average molecular weight is 420 g/mol. The van der Waals surface area contributed by atoms with Gasteiger partial charge in [0.1, 0.15) is 0 Å². The summed E-state index contributed by atoms with van der Waals surface area (Å²) in [6.07, 6.45) is 6.77. The van der Waals surface area contributed by atoms with Crippen LogP contribution in [-0.2, 0) is 11.2 Å². The highest BCUT2D eigenvalue weighted by Crippen LogP contribution is 2.26. The Labute approximate surface area is 185 Å². The summed E-state index contributed by atoms with van der Waals surface area (Å²) >= 11 is 0. The van der Waals surface area contributed by atoms with E-state index in [-0.39, 0.29) is 11.8 Å². The Kier molecular flexibility index (Phi) is 6.90. The molecule has 1 aliphatic carbocycles. The zero-order valence-electron chi connectivity index (χ0n) is 18.5. The SMILES string of the molecule is CCc1ccc(C(=O)Nc2ccc(N3CCN(C(=O)C4CCCCC4)CC3)cc2)cc1. The summed E-state index contributed by atoms with van der Waals surface area (Å²) in [5.41, 5.74) is 3.82. The van der Waals surface area contributed by atoms with Gasteiger partial charge in [-0.2, -0.15) is 0 Å². The molecule has 0 atom stereocenters. The van der Waals surface area contributed by atoms with Gasteiger partial charge in [0.05, 0.1) is 0 Å². The van der Waals surface area contributed by atoms with E-state index in [0.717, 1.165) is 56.8 Å². The molecule has 0 aromatic heterocycles. The van der Waals surface area contributed by atoms with Gasteiger partial charge >= 0.3 is 0 Å². The van der Waals surface area contributed by atoms with Crippen molar-refractivity contribution in [1.29, 1.82) is 0 Å². The Hall–Kier alpha value is -2.82. The molecule has 4 rings (SSSR count). The number of hydrogen-bond donors (Lipinski definition) is 1. The van der Waals surface area contributed by atoms with Crippen molar-refractivity contribution < 1.29 is 9.59 Å². The zero-order chi connectivity index (χ0) is 21.6. The number of anilines is 2. The lowest BCUT2D eigenvalue weighted by molar-refractivity contribution is -0.136. The van der Waals surface area contributed by atoms with Gasteiger partial charge in [-0.3, -0.25) is 9.59 Å². The number of nitrogens with zero attached hydrogens (tertiary/aromatic N) is 2. The van der Waals surface area contributed by atoms with Crippen molar-refractivity contribution in [2.45, 2.75) is 45.4 Å². The quantitative estimate of drug-likeness (QED) is 0.762. The number of piperazine rings is 1. The van der Waals surface area contributed by atoms with Gasteiger partial charge < -0.3 is 15.1 Å². The molecule has 0 radical (unpaired) electrons. The van der Waals surface area contributed by atoms with E-state index >= 15 is 0 Å². The maximum Gasteiger partial charge on any atom is 0.255 e. The summed E-state index contributed by atoms with van der Waals surface area (Å²) in [4.78, 5) is 29.6. The minimum absolute atomic E-state index is 0.0924. The molecule has 5 nitrogen and oxygen atoms in total. The Morgan fingerprint density at radius 2 is 1.52 bits per heavy atom. The molecule has 2 fully saturated rings. The van der Waals surface area contributed by atoms with Crippen molar-refractivity contribution in [3.05, 3.63) is 59.7 Å². The molecule has 0 unspecified atom stereocenters. The molecule has 31 heavy (non-hydrogen) atoms. The third kappa shape index (κ3) is 5.27. The number of benzene rings is 2. The number of carbonyl (C=O) groups excluding carboxylic acids is 2. The summed E-state index contributed by atoms with van der Waals surface area (Å²) in [6.45, 7) is 5.40. The van der Waals surface area contributed by atoms with Crippen LogP contribution in [0.2, 0.25) is 0 Å². The zero-order valence-corrected chi connectivity index (χ0v) is 18.5. The molecule has 1 heterocycles. The second-order valence-electron chi connectivity index (χ2n) is 8.70. The molecule has 164 valence electrons. The first-order valence-corrected chi connectivity index (χ1v) is 11.7. The molecular formula is C26H33N3O2. The maximum absolute atomic E-state index is 12.8. The van der Waals surface area contributed by atoms with Crippen molar-refractivity contribution >= 4 is 23.2 Å². The van der Waals surface area contributed by atoms with Gasteiger partial charge in [-0.05, 0) is 61.2 Å². The normalized spacial score (nSPS) is 17.5. The summed E-state index contributed by atoms with van der Waals surface area (Å²) < 4.78 is 0. The van der Waals surface area contributed by atoms with Gasteiger partial charge in [0.15, 0.2) is 0 Å². The number of rotatable bonds is 5. The molecule has 2 aliphatic rings. The Bertz CT molecular complexity index is 878. The minimum Gasteiger partial charge on any atom is -0.368 e. The van der Waals surface area contributed by atoms with Gasteiger partial charge in [0, 0.05) is 49.0 Å². The van der Waals surface area contributed by atoms with Crippen molar-refractivity contribution in [1.82, 2.24) is 4.90 Å². The minimum atomic E-state index is -0.0924. The first-order chi connectivity index (χ1) is 15.1. The van der Waals surface area contributed by atoms with Gasteiger partial charge in [0.25, 0.3) is 5.91 Å². The standard InChI is InChI=1S/C26H33N3O2/c1-2-20-8-10-21(11-9-20)25(30)27-23-12-14-24(15-13-23)28-16-18-29(19-17-28)26(31)22-6-4-3-5-7-22/h8-15,22H,2-7,16-19H2,1H3,(H,27,30). The van der Waals surface area contributed by atoms with Crippen LogP contribution in [0.15, 0.2) is 48.5 Å². The van der Waals surface area contributed by atoms with E-state index in [0.29, 0.717) is 11.5 Å². The molecule has 2 aromatic rings. The smallest absolute Gasteiger partial charge is 0.255 e. The van der Waals surface area contributed by atoms with E-state index < -0.39 is 0 Å². The van der Waals surface area contributed by atoms with Crippen LogP contribution in [0, 0.1) is 5.92 Å². The average Bonchev–Trinajstić information content (AvgIpc) is 2.85. The van der Waals surface area contributed by atoms with Crippen LogP contribution in [-0.4, -0.2) is 42.9 Å². The molecule has 0 spiro atoms. The highest BCUT2D eigenvalue weighted by atomic mass is 16.2. The predicted octanol–water partition coefficient (Wildman–Crippen LogP) is 4.73. The fraction of sp³-hybridized carbons (Fsp3) is 0.462. The number of carbonyl (C=O) groups is 2. The van der Waals surface area contributed by atoms with Crippen LogP contribution in [0.1, 0.15) is 54.9 Å². The van der Waals surface area contributed by atoms with Crippen LogP contribution in [0.25, 0.3) is 0 Å². The molecule has 5 heteroatoms. The van der Waals surface area contributed by atoms with Crippen molar-refractivity contribution in [2.75, 3.05) is 36.4 Å². The molecule has 2 amide bonds. The molecule has 1 N–H and O–H groups in total. The largest absolute Gasteiger partial charge is 0.368 e. The molecular weight excluding hydrogens is 386 g/mol. The fourth-order valence-electron chi connectivity index (χ4n) is 4.64. The van der Waals surface area contributed by atoms with Gasteiger partial charge in [-0.1, -0.05) is 38.3 Å². The van der Waals surface area contributed by atoms with Crippen LogP contribution in [0.5, 0.6) is 0 Å². The third-order valence-corrected chi connectivity index (χ3v) is 6.66. The summed E-state index contributed by atoms with van der Waals surface area (Å²) in [7, 11) is 0. The van der Waals surface area contributed by atoms with E-state index in [1.807, 2.05) is 36.4 Å². The lowest BCUT2D eigenvalue weighted by Gasteiger charge is -2.38. The van der Waals surface area contributed by atoms with Gasteiger partial charge in [0.2, 0.25) is 5.91 Å². The van der Waals surface area contributed by atoms with Crippen molar-refractivity contribution in [3.8, 4) is 0 Å². The first kappa shape index (κ1) is 21.4. The highest BCUT2D eigenvalue weighted by molar-refractivity contribution is 6.04. The van der Waals surface area contributed by atoms with E-state index in [2.05, 4.69) is 34.2 Å². The fourth-order valence-corrected chi connectivity index (χ4v) is 4.64. The highest BCUT2D eigenvalue weighted by Gasteiger charge is 2.28. The van der Waals surface area contributed by atoms with E-state index in [1.165, 1.54) is 24.8 Å². The number of hydrogen-bond acceptors (Lipinski definition) is 3. The van der Waals surface area contributed by atoms with Crippen molar-refractivity contribution in [3.63, 3.8) is 0 Å². The Balaban J connectivity index is 1.29. The number of aryl methyl sites for hydroxylation is 1. The third-order valence-electron chi connectivity index (χ3n) is 6.66. The Morgan fingerprint density at radius 3 is 2.13 bits per heavy atom. The van der Waals surface area contributed by atoms with Crippen LogP contribution >= 0.6 is 0 Å². The van der Waals surface area contributed by atoms with E-state index in [4.69, 9.17) is 0 Å². The van der Waals surface area contributed by atoms with Crippen LogP contribution < -0.4 is 10.2 Å². The predicted molar refractivity (Wildman–Crippen MR) is 126 cm³/mol. The first-order valence-electron chi connectivity index (χ1n) is 11.7. The molecule has 1 saturated carbocycles. The molecule has 1 saturated heterocycles. The lowest BCUT2D eigenvalue weighted by Crippen LogP contribution is -2.50. The van der Waals surface area contributed by atoms with Crippen molar-refractivity contribution in [2.24, 2.45) is 5.92 Å². The summed E-state index contributed by atoms with van der Waals surface area (Å²) in [5.74, 6) is 0.524. The molecule has 0 bridgehead atoms. The van der Waals surface area contributed by atoms with Gasteiger partial charge in [-0.25, -0.2) is 0 Å². The second-order valence-corrected chi connectivity index (χ2v) is 8.70. The Morgan fingerprint density at radius 1 is 0.871 bits per heavy atom. The second kappa shape index (κ2) is 9.99. The summed E-state index contributed by atoms with van der Waals surface area (Å²) in [5, 5.41) is 2.97. The number of amides is 2. The topological polar surface area (TPSA) is 52.7 Å². The van der Waals surface area contributed by atoms with Gasteiger partial charge in [-0.15, -0.1) is 0 Å².